The van der Waals surface area contributed by atoms with Crippen molar-refractivity contribution in [3.63, 3.8) is 0 Å². The molecular formula is C26H37FN2O7. The zero-order valence-corrected chi connectivity index (χ0v) is 20.7. The predicted octanol–water partition coefficient (Wildman–Crippen LogP) is 3.00. The van der Waals surface area contributed by atoms with Crippen molar-refractivity contribution in [2.75, 3.05) is 13.2 Å². The molecule has 9 nitrogen and oxygen atoms in total. The first-order valence-electron chi connectivity index (χ1n) is 12.7. The van der Waals surface area contributed by atoms with Gasteiger partial charge in [0, 0.05) is 0 Å². The van der Waals surface area contributed by atoms with Gasteiger partial charge < -0.3 is 24.4 Å². The van der Waals surface area contributed by atoms with Crippen molar-refractivity contribution in [2.24, 2.45) is 0 Å². The Kier molecular flexibility index (Phi) is 10.8. The van der Waals surface area contributed by atoms with Crippen LogP contribution in [0, 0.1) is 5.82 Å². The van der Waals surface area contributed by atoms with Gasteiger partial charge in [0.05, 0.1) is 26.0 Å². The van der Waals surface area contributed by atoms with Crippen LogP contribution in [-0.4, -0.2) is 51.0 Å². The molecule has 1 aliphatic heterocycles. The van der Waals surface area contributed by atoms with Crippen molar-refractivity contribution in [1.29, 1.82) is 0 Å². The van der Waals surface area contributed by atoms with Gasteiger partial charge in [0.25, 0.3) is 5.56 Å². The number of nitrogens with one attached hydrogen (secondary N) is 1. The quantitative estimate of drug-likeness (QED) is 0.250. The van der Waals surface area contributed by atoms with Gasteiger partial charge >= 0.3 is 5.69 Å². The molecule has 1 aromatic heterocycles. The number of aromatic nitrogens is 2. The molecule has 2 heterocycles. The molecule has 4 atom stereocenters. The van der Waals surface area contributed by atoms with E-state index in [1.807, 2.05) is 35.3 Å². The third-order valence-electron chi connectivity index (χ3n) is 6.40. The third kappa shape index (κ3) is 6.89. The zero-order chi connectivity index (χ0) is 26.0. The first-order chi connectivity index (χ1) is 17.4. The zero-order valence-electron chi connectivity index (χ0n) is 20.7. The average molecular weight is 509 g/mol. The van der Waals surface area contributed by atoms with Gasteiger partial charge in [-0.3, -0.25) is 14.3 Å². The van der Waals surface area contributed by atoms with Crippen LogP contribution in [0.4, 0.5) is 4.39 Å². The maximum Gasteiger partial charge on any atom is 0.330 e. The third-order valence-corrected chi connectivity index (χ3v) is 6.40. The lowest BCUT2D eigenvalue weighted by Crippen LogP contribution is -2.53. The van der Waals surface area contributed by atoms with Gasteiger partial charge in [-0.15, -0.1) is 0 Å². The molecule has 1 saturated heterocycles. The lowest BCUT2D eigenvalue weighted by molar-refractivity contribution is -0.309. The highest BCUT2D eigenvalue weighted by Crippen LogP contribution is 2.42. The predicted molar refractivity (Wildman–Crippen MR) is 131 cm³/mol. The number of benzene rings is 1. The Labute approximate surface area is 209 Å². The number of nitrogens with zero attached hydrogens (tertiary/aromatic N) is 1. The molecule has 0 amide bonds. The Bertz CT molecular complexity index is 1040. The summed E-state index contributed by atoms with van der Waals surface area (Å²) in [5.74, 6) is -3.14. The molecule has 36 heavy (non-hydrogen) atoms. The number of rotatable bonds is 15. The van der Waals surface area contributed by atoms with Gasteiger partial charge in [-0.2, -0.15) is 4.39 Å². The van der Waals surface area contributed by atoms with E-state index in [1.54, 1.807) is 0 Å². The summed E-state index contributed by atoms with van der Waals surface area (Å²) in [6.45, 7) is 1.77. The minimum absolute atomic E-state index is 0.00603. The number of unbranched alkanes of at least 4 members (excludes halogenated alkanes) is 7. The fraction of sp³-hybridized carbons (Fsp3) is 0.615. The lowest BCUT2D eigenvalue weighted by atomic mass is 10.1. The molecular weight excluding hydrogens is 471 g/mol. The lowest BCUT2D eigenvalue weighted by Gasteiger charge is -2.36. The number of hydrogen-bond acceptors (Lipinski definition) is 7. The van der Waals surface area contributed by atoms with Crippen LogP contribution in [-0.2, 0) is 20.8 Å². The van der Waals surface area contributed by atoms with E-state index in [-0.39, 0.29) is 13.2 Å². The van der Waals surface area contributed by atoms with Crippen molar-refractivity contribution in [3.05, 3.63) is 68.7 Å². The normalized spacial score (nSPS) is 23.8. The fourth-order valence-electron chi connectivity index (χ4n) is 4.37. The maximum atomic E-state index is 14.1. The number of aromatic amines is 1. The number of aliphatic hydroxyl groups is 2. The second-order valence-corrected chi connectivity index (χ2v) is 9.12. The van der Waals surface area contributed by atoms with E-state index in [1.165, 1.54) is 25.7 Å². The number of hydrogen-bond donors (Lipinski definition) is 3. The van der Waals surface area contributed by atoms with E-state index in [4.69, 9.17) is 14.2 Å². The maximum absolute atomic E-state index is 14.1. The summed E-state index contributed by atoms with van der Waals surface area (Å²) in [6.07, 6.45) is 5.16. The summed E-state index contributed by atoms with van der Waals surface area (Å²) in [4.78, 5) is 26.0. The van der Waals surface area contributed by atoms with Crippen molar-refractivity contribution in [2.45, 2.75) is 89.1 Å². The number of halogens is 1. The summed E-state index contributed by atoms with van der Waals surface area (Å²) < 4.78 is 32.9. The summed E-state index contributed by atoms with van der Waals surface area (Å²) in [5, 5.41) is 20.9. The molecule has 1 aliphatic rings. The van der Waals surface area contributed by atoms with E-state index in [0.29, 0.717) is 12.6 Å². The van der Waals surface area contributed by atoms with Crippen LogP contribution >= 0.6 is 0 Å². The van der Waals surface area contributed by atoms with Gasteiger partial charge in [-0.1, -0.05) is 82.2 Å². The standard InChI is InChI=1S/C26H37FN2O7/c1-2-3-4-5-6-7-8-12-15-34-26(35-18-19-13-10-9-11-14-19)22(31)21(17-30)36-24(26)29-16-20(27)23(32)28-25(29)33/h9-11,13-14,16,21-22,24,30-31H,2-8,12,15,17-18H2,1H3,(H,28,32,33)/t21-,22-,24-,26-/m1/s1. The summed E-state index contributed by atoms with van der Waals surface area (Å²) in [6, 6.07) is 9.13. The molecule has 1 aromatic carbocycles. The van der Waals surface area contributed by atoms with Crippen LogP contribution in [0.15, 0.2) is 46.1 Å². The van der Waals surface area contributed by atoms with Gasteiger partial charge in [-0.05, 0) is 12.0 Å². The highest BCUT2D eigenvalue weighted by atomic mass is 19.1. The Morgan fingerprint density at radius 3 is 2.39 bits per heavy atom. The number of aliphatic hydroxyl groups excluding tert-OH is 2. The minimum Gasteiger partial charge on any atom is -0.394 e. The van der Waals surface area contributed by atoms with Gasteiger partial charge in [0.2, 0.25) is 11.6 Å². The highest BCUT2D eigenvalue weighted by Gasteiger charge is 2.60. The molecule has 0 bridgehead atoms. The van der Waals surface area contributed by atoms with E-state index in [9.17, 15) is 24.2 Å². The van der Waals surface area contributed by atoms with Crippen LogP contribution in [0.25, 0.3) is 0 Å². The molecule has 200 valence electrons. The molecule has 0 unspecified atom stereocenters. The molecule has 0 radical (unpaired) electrons. The molecule has 1 fully saturated rings. The van der Waals surface area contributed by atoms with Gasteiger partial charge in [0.1, 0.15) is 12.2 Å². The number of ether oxygens (including phenoxy) is 3. The van der Waals surface area contributed by atoms with Crippen molar-refractivity contribution >= 4 is 0 Å². The molecule has 2 aromatic rings. The minimum atomic E-state index is -1.93. The fourth-order valence-corrected chi connectivity index (χ4v) is 4.37. The molecule has 3 rings (SSSR count). The van der Waals surface area contributed by atoms with Crippen molar-refractivity contribution < 1.29 is 28.8 Å². The Morgan fingerprint density at radius 1 is 1.06 bits per heavy atom. The van der Waals surface area contributed by atoms with Crippen LogP contribution in [0.1, 0.15) is 70.1 Å². The highest BCUT2D eigenvalue weighted by molar-refractivity contribution is 5.14. The van der Waals surface area contributed by atoms with E-state index < -0.39 is 47.9 Å². The average Bonchev–Trinajstić information content (AvgIpc) is 3.16. The second kappa shape index (κ2) is 13.8. The molecule has 10 heteroatoms. The second-order valence-electron chi connectivity index (χ2n) is 9.12. The van der Waals surface area contributed by atoms with Crippen LogP contribution in [0.2, 0.25) is 0 Å². The Morgan fingerprint density at radius 2 is 1.72 bits per heavy atom. The largest absolute Gasteiger partial charge is 0.394 e. The smallest absolute Gasteiger partial charge is 0.330 e. The topological polar surface area (TPSA) is 123 Å². The number of H-pyrrole nitrogens is 1. The van der Waals surface area contributed by atoms with Crippen LogP contribution in [0.3, 0.4) is 0 Å². The Hall–Kier alpha value is -2.37. The molecule has 0 spiro atoms. The van der Waals surface area contributed by atoms with E-state index >= 15 is 0 Å². The van der Waals surface area contributed by atoms with E-state index in [2.05, 4.69) is 6.92 Å². The summed E-state index contributed by atoms with van der Waals surface area (Å²) in [5.41, 5.74) is -1.37. The summed E-state index contributed by atoms with van der Waals surface area (Å²) in [7, 11) is 0. The SMILES string of the molecule is CCCCCCCCCCO[C@@]1(OCc2ccccc2)[C@H](O)[C@@H](CO)O[C@H]1n1cc(F)c(=O)[nH]c1=O. The van der Waals surface area contributed by atoms with Crippen molar-refractivity contribution in [1.82, 2.24) is 9.55 Å². The van der Waals surface area contributed by atoms with Gasteiger partial charge in [0.15, 0.2) is 6.23 Å². The van der Waals surface area contributed by atoms with Crippen LogP contribution in [0.5, 0.6) is 0 Å². The van der Waals surface area contributed by atoms with Crippen molar-refractivity contribution in [3.8, 4) is 0 Å². The summed E-state index contributed by atoms with van der Waals surface area (Å²) >= 11 is 0. The molecule has 0 aliphatic carbocycles. The first kappa shape index (κ1) is 28.2. The van der Waals surface area contributed by atoms with E-state index in [0.717, 1.165) is 29.4 Å². The van der Waals surface area contributed by atoms with Crippen LogP contribution < -0.4 is 11.2 Å². The first-order valence-corrected chi connectivity index (χ1v) is 12.7. The van der Waals surface area contributed by atoms with Gasteiger partial charge in [-0.25, -0.2) is 4.79 Å². The molecule has 0 saturated carbocycles. The monoisotopic (exact) mass is 508 g/mol. The molecule has 3 N–H and O–H groups in total. The Balaban J connectivity index is 1.81.